The fourth-order valence-electron chi connectivity index (χ4n) is 1.32. The number of carbonyl (C=O) groups excluding carboxylic acids is 1. The Morgan fingerprint density at radius 2 is 2.17 bits per heavy atom. The molecule has 1 aromatic carbocycles. The van der Waals surface area contributed by atoms with E-state index < -0.39 is 0 Å². The smallest absolute Gasteiger partial charge is 0.252 e. The Labute approximate surface area is 115 Å². The molecule has 1 N–H and O–H groups in total. The molecule has 1 amide bonds. The summed E-state index contributed by atoms with van der Waals surface area (Å²) in [6, 6.07) is 9.14. The van der Waals surface area contributed by atoms with Gasteiger partial charge in [0.05, 0.1) is 17.1 Å². The molecule has 0 aliphatic carbocycles. The number of halogens is 1. The Morgan fingerprint density at radius 1 is 1.33 bits per heavy atom. The lowest BCUT2D eigenvalue weighted by atomic mass is 10.2. The normalized spacial score (nSPS) is 9.39. The largest absolute Gasteiger partial charge is 0.341 e. The monoisotopic (exact) mass is 275 g/mol. The molecule has 0 unspecified atom stereocenters. The first-order valence-corrected chi connectivity index (χ1v) is 6.63. The zero-order valence-corrected chi connectivity index (χ0v) is 11.0. The molecule has 90 valence electrons. The molecular weight excluding hydrogens is 266 g/mol. The summed E-state index contributed by atoms with van der Waals surface area (Å²) >= 11 is 7.45. The molecule has 1 aromatic heterocycles. The molecule has 0 aliphatic rings. The van der Waals surface area contributed by atoms with Crippen LogP contribution in [0, 0.1) is 11.8 Å². The standard InChI is InChI=1S/C14H10ClNOS/c15-13-6-2-1-4-11(13)5-3-8-16-14(17)12-7-9-18-10-12/h1-2,4,6-7,9-10H,8H2,(H,16,17). The zero-order valence-electron chi connectivity index (χ0n) is 9.44. The molecule has 18 heavy (non-hydrogen) atoms. The van der Waals surface area contributed by atoms with E-state index >= 15 is 0 Å². The van der Waals surface area contributed by atoms with Crippen molar-refractivity contribution in [3.8, 4) is 11.8 Å². The average Bonchev–Trinajstić information content (AvgIpc) is 2.90. The number of carbonyl (C=O) groups is 1. The van der Waals surface area contributed by atoms with Crippen molar-refractivity contribution in [3.05, 3.63) is 57.2 Å². The number of hydrogen-bond acceptors (Lipinski definition) is 2. The fraction of sp³-hybridized carbons (Fsp3) is 0.0714. The molecule has 0 aliphatic heterocycles. The highest BCUT2D eigenvalue weighted by molar-refractivity contribution is 7.08. The number of nitrogens with one attached hydrogen (secondary N) is 1. The van der Waals surface area contributed by atoms with Crippen LogP contribution in [0.3, 0.4) is 0 Å². The van der Waals surface area contributed by atoms with E-state index in [1.807, 2.05) is 23.6 Å². The summed E-state index contributed by atoms with van der Waals surface area (Å²) in [7, 11) is 0. The maximum atomic E-state index is 11.6. The molecule has 4 heteroatoms. The minimum atomic E-state index is -0.107. The average molecular weight is 276 g/mol. The van der Waals surface area contributed by atoms with Gasteiger partial charge >= 0.3 is 0 Å². The molecule has 0 saturated heterocycles. The van der Waals surface area contributed by atoms with E-state index in [2.05, 4.69) is 17.2 Å². The lowest BCUT2D eigenvalue weighted by Crippen LogP contribution is -2.22. The minimum absolute atomic E-state index is 0.107. The van der Waals surface area contributed by atoms with Crippen molar-refractivity contribution in [1.29, 1.82) is 0 Å². The van der Waals surface area contributed by atoms with Crippen LogP contribution in [0.1, 0.15) is 15.9 Å². The Balaban J connectivity index is 1.90. The third-order valence-electron chi connectivity index (χ3n) is 2.22. The first-order chi connectivity index (χ1) is 8.77. The lowest BCUT2D eigenvalue weighted by Gasteiger charge is -1.97. The van der Waals surface area contributed by atoms with Crippen molar-refractivity contribution in [2.45, 2.75) is 0 Å². The third kappa shape index (κ3) is 3.36. The summed E-state index contributed by atoms with van der Waals surface area (Å²) < 4.78 is 0. The molecule has 0 bridgehead atoms. The second kappa shape index (κ2) is 6.25. The highest BCUT2D eigenvalue weighted by Gasteiger charge is 2.02. The summed E-state index contributed by atoms with van der Waals surface area (Å²) in [5.41, 5.74) is 1.43. The summed E-state index contributed by atoms with van der Waals surface area (Å²) in [6.45, 7) is 0.305. The van der Waals surface area contributed by atoms with Gasteiger partial charge in [-0.3, -0.25) is 4.79 Å². The topological polar surface area (TPSA) is 29.1 Å². The van der Waals surface area contributed by atoms with Gasteiger partial charge in [-0.1, -0.05) is 35.6 Å². The Bertz CT molecular complexity index is 596. The molecule has 1 heterocycles. The van der Waals surface area contributed by atoms with Gasteiger partial charge in [-0.05, 0) is 23.6 Å². The van der Waals surface area contributed by atoms with Crippen LogP contribution in [0.2, 0.25) is 5.02 Å². The van der Waals surface area contributed by atoms with Crippen molar-refractivity contribution in [3.63, 3.8) is 0 Å². The van der Waals surface area contributed by atoms with Crippen LogP contribution in [0.4, 0.5) is 0 Å². The Morgan fingerprint density at radius 3 is 2.89 bits per heavy atom. The van der Waals surface area contributed by atoms with E-state index in [1.165, 1.54) is 11.3 Å². The van der Waals surface area contributed by atoms with Crippen LogP contribution in [0.25, 0.3) is 0 Å². The van der Waals surface area contributed by atoms with E-state index in [4.69, 9.17) is 11.6 Å². The predicted octanol–water partition coefficient (Wildman–Crippen LogP) is 3.18. The van der Waals surface area contributed by atoms with Gasteiger partial charge < -0.3 is 5.32 Å². The minimum Gasteiger partial charge on any atom is -0.341 e. The summed E-state index contributed by atoms with van der Waals surface area (Å²) in [5, 5.41) is 7.01. The number of benzene rings is 1. The van der Waals surface area contributed by atoms with Gasteiger partial charge in [-0.2, -0.15) is 11.3 Å². The lowest BCUT2D eigenvalue weighted by molar-refractivity contribution is 0.0959. The van der Waals surface area contributed by atoms with Crippen molar-refractivity contribution in [2.75, 3.05) is 6.54 Å². The number of amides is 1. The van der Waals surface area contributed by atoms with Gasteiger partial charge in [0.2, 0.25) is 0 Å². The highest BCUT2D eigenvalue weighted by atomic mass is 35.5. The van der Waals surface area contributed by atoms with Crippen LogP contribution in [-0.4, -0.2) is 12.5 Å². The molecule has 0 spiro atoms. The Kier molecular flexibility index (Phi) is 4.40. The fourth-order valence-corrected chi connectivity index (χ4v) is 2.14. The second-order valence-electron chi connectivity index (χ2n) is 3.48. The quantitative estimate of drug-likeness (QED) is 0.838. The van der Waals surface area contributed by atoms with Crippen LogP contribution in [0.15, 0.2) is 41.1 Å². The molecule has 2 nitrogen and oxygen atoms in total. The maximum absolute atomic E-state index is 11.6. The number of thiophene rings is 1. The molecule has 0 atom stereocenters. The van der Waals surface area contributed by atoms with E-state index in [9.17, 15) is 4.79 Å². The van der Waals surface area contributed by atoms with Crippen LogP contribution < -0.4 is 5.32 Å². The zero-order chi connectivity index (χ0) is 12.8. The SMILES string of the molecule is O=C(NCC#Cc1ccccc1Cl)c1ccsc1. The third-order valence-corrected chi connectivity index (χ3v) is 3.23. The maximum Gasteiger partial charge on any atom is 0.252 e. The van der Waals surface area contributed by atoms with E-state index in [0.29, 0.717) is 17.1 Å². The van der Waals surface area contributed by atoms with Crippen molar-refractivity contribution in [2.24, 2.45) is 0 Å². The van der Waals surface area contributed by atoms with E-state index in [1.54, 1.807) is 17.5 Å². The van der Waals surface area contributed by atoms with Crippen LogP contribution in [0.5, 0.6) is 0 Å². The van der Waals surface area contributed by atoms with Crippen molar-refractivity contribution >= 4 is 28.8 Å². The van der Waals surface area contributed by atoms with Gasteiger partial charge in [-0.15, -0.1) is 0 Å². The Hall–Kier alpha value is -1.76. The molecule has 0 radical (unpaired) electrons. The summed E-state index contributed by atoms with van der Waals surface area (Å²) in [5.74, 6) is 5.69. The van der Waals surface area contributed by atoms with Gasteiger partial charge in [0.25, 0.3) is 5.91 Å². The highest BCUT2D eigenvalue weighted by Crippen LogP contribution is 2.12. The number of rotatable bonds is 2. The van der Waals surface area contributed by atoms with Crippen LogP contribution in [-0.2, 0) is 0 Å². The summed E-state index contributed by atoms with van der Waals surface area (Å²) in [4.78, 5) is 11.6. The first-order valence-electron chi connectivity index (χ1n) is 5.31. The molecule has 2 aromatic rings. The molecular formula is C14H10ClNOS. The van der Waals surface area contributed by atoms with Gasteiger partial charge in [-0.25, -0.2) is 0 Å². The predicted molar refractivity (Wildman–Crippen MR) is 75.0 cm³/mol. The van der Waals surface area contributed by atoms with Crippen molar-refractivity contribution in [1.82, 2.24) is 5.32 Å². The second-order valence-corrected chi connectivity index (χ2v) is 4.66. The van der Waals surface area contributed by atoms with Gasteiger partial charge in [0.15, 0.2) is 0 Å². The van der Waals surface area contributed by atoms with E-state index in [-0.39, 0.29) is 5.91 Å². The van der Waals surface area contributed by atoms with Crippen LogP contribution >= 0.6 is 22.9 Å². The molecule has 0 fully saturated rings. The van der Waals surface area contributed by atoms with Crippen molar-refractivity contribution < 1.29 is 4.79 Å². The molecule has 2 rings (SSSR count). The molecule has 0 saturated carbocycles. The number of hydrogen-bond donors (Lipinski definition) is 1. The van der Waals surface area contributed by atoms with Gasteiger partial charge in [0, 0.05) is 10.9 Å². The van der Waals surface area contributed by atoms with Gasteiger partial charge in [0.1, 0.15) is 0 Å². The first kappa shape index (κ1) is 12.7. The summed E-state index contributed by atoms with van der Waals surface area (Å²) in [6.07, 6.45) is 0. The van der Waals surface area contributed by atoms with E-state index in [0.717, 1.165) is 5.56 Å².